The van der Waals surface area contributed by atoms with E-state index in [4.69, 9.17) is 4.74 Å². The highest BCUT2D eigenvalue weighted by molar-refractivity contribution is 7.09. The number of rotatable bonds is 6. The maximum Gasteiger partial charge on any atom is 0.253 e. The highest BCUT2D eigenvalue weighted by Crippen LogP contribution is 2.29. The molecule has 0 radical (unpaired) electrons. The second kappa shape index (κ2) is 7.70. The maximum atomic E-state index is 12.6. The molecule has 1 fully saturated rings. The Kier molecular flexibility index (Phi) is 5.59. The average Bonchev–Trinajstić information content (AvgIpc) is 3.28. The Hall–Kier alpha value is -1.66. The van der Waals surface area contributed by atoms with Crippen LogP contribution in [0.2, 0.25) is 0 Å². The Balaban J connectivity index is 1.93. The summed E-state index contributed by atoms with van der Waals surface area (Å²) in [6, 6.07) is 1.98. The molecule has 1 atom stereocenters. The van der Waals surface area contributed by atoms with Crippen LogP contribution in [0.1, 0.15) is 47.7 Å². The number of thiazole rings is 1. The van der Waals surface area contributed by atoms with Gasteiger partial charge in [0.05, 0.1) is 28.1 Å². The van der Waals surface area contributed by atoms with Crippen LogP contribution in [0.4, 0.5) is 0 Å². The summed E-state index contributed by atoms with van der Waals surface area (Å²) in [5, 5.41) is 6.12. The molecule has 1 amide bonds. The van der Waals surface area contributed by atoms with Crippen molar-refractivity contribution in [2.45, 2.75) is 53.2 Å². The average molecular weight is 362 g/mol. The molecular weight excluding hydrogens is 334 g/mol. The minimum atomic E-state index is -0.00880. The molecule has 136 valence electrons. The molecule has 25 heavy (non-hydrogen) atoms. The van der Waals surface area contributed by atoms with Gasteiger partial charge in [0.25, 0.3) is 5.91 Å². The van der Waals surface area contributed by atoms with Crippen molar-refractivity contribution in [3.8, 4) is 11.4 Å². The van der Waals surface area contributed by atoms with Crippen LogP contribution < -0.4 is 5.32 Å². The van der Waals surface area contributed by atoms with Crippen LogP contribution >= 0.6 is 11.3 Å². The molecule has 0 aliphatic carbocycles. The zero-order valence-electron chi connectivity index (χ0n) is 15.5. The van der Waals surface area contributed by atoms with Gasteiger partial charge in [-0.05, 0) is 38.7 Å². The molecule has 0 spiro atoms. The first-order chi connectivity index (χ1) is 12.0. The van der Waals surface area contributed by atoms with Crippen molar-refractivity contribution in [3.63, 3.8) is 0 Å². The Morgan fingerprint density at radius 2 is 2.28 bits per heavy atom. The van der Waals surface area contributed by atoms with Gasteiger partial charge < -0.3 is 14.6 Å². The van der Waals surface area contributed by atoms with Crippen molar-refractivity contribution >= 4 is 17.2 Å². The van der Waals surface area contributed by atoms with Gasteiger partial charge in [0.1, 0.15) is 0 Å². The third-order valence-electron chi connectivity index (χ3n) is 4.57. The number of nitrogens with one attached hydrogen (secondary N) is 1. The predicted octanol–water partition coefficient (Wildman–Crippen LogP) is 3.79. The van der Waals surface area contributed by atoms with Gasteiger partial charge in [0, 0.05) is 30.8 Å². The van der Waals surface area contributed by atoms with Crippen LogP contribution in [0, 0.1) is 19.8 Å². The third-order valence-corrected chi connectivity index (χ3v) is 5.35. The first-order valence-corrected chi connectivity index (χ1v) is 9.86. The fourth-order valence-corrected chi connectivity index (χ4v) is 3.79. The smallest absolute Gasteiger partial charge is 0.253 e. The highest BCUT2D eigenvalue weighted by atomic mass is 32.1. The normalized spacial score (nSPS) is 17.4. The van der Waals surface area contributed by atoms with Gasteiger partial charge in [-0.1, -0.05) is 13.8 Å². The molecule has 6 heteroatoms. The van der Waals surface area contributed by atoms with E-state index in [1.807, 2.05) is 19.9 Å². The molecule has 3 rings (SSSR count). The minimum Gasteiger partial charge on any atom is -0.376 e. The van der Waals surface area contributed by atoms with Crippen LogP contribution in [-0.4, -0.2) is 34.7 Å². The van der Waals surface area contributed by atoms with E-state index in [0.717, 1.165) is 53.6 Å². The van der Waals surface area contributed by atoms with Crippen LogP contribution in [0.25, 0.3) is 11.4 Å². The van der Waals surface area contributed by atoms with Crippen molar-refractivity contribution in [3.05, 3.63) is 27.7 Å². The lowest BCUT2D eigenvalue weighted by atomic mass is 10.2. The van der Waals surface area contributed by atoms with Crippen LogP contribution in [0.5, 0.6) is 0 Å². The quantitative estimate of drug-likeness (QED) is 0.851. The van der Waals surface area contributed by atoms with Crippen LogP contribution in [-0.2, 0) is 11.3 Å². The molecule has 3 heterocycles. The predicted molar refractivity (Wildman–Crippen MR) is 101 cm³/mol. The van der Waals surface area contributed by atoms with E-state index in [2.05, 4.69) is 34.1 Å². The Bertz CT molecular complexity index is 742. The van der Waals surface area contributed by atoms with E-state index in [0.29, 0.717) is 12.5 Å². The summed E-state index contributed by atoms with van der Waals surface area (Å²) in [5.41, 5.74) is 3.66. The van der Waals surface area contributed by atoms with Gasteiger partial charge in [-0.15, -0.1) is 11.3 Å². The minimum absolute atomic E-state index is 0.00880. The van der Waals surface area contributed by atoms with Crippen molar-refractivity contribution in [2.75, 3.05) is 13.2 Å². The molecule has 0 aromatic carbocycles. The molecule has 1 unspecified atom stereocenters. The number of hydrogen-bond acceptors (Lipinski definition) is 4. The van der Waals surface area contributed by atoms with Gasteiger partial charge >= 0.3 is 0 Å². The van der Waals surface area contributed by atoms with E-state index in [1.54, 1.807) is 11.3 Å². The van der Waals surface area contributed by atoms with E-state index >= 15 is 0 Å². The molecule has 1 N–H and O–H groups in total. The summed E-state index contributed by atoms with van der Waals surface area (Å²) < 4.78 is 8.02. The van der Waals surface area contributed by atoms with Crippen molar-refractivity contribution < 1.29 is 9.53 Å². The summed E-state index contributed by atoms with van der Waals surface area (Å²) in [6.45, 7) is 10.5. The van der Waals surface area contributed by atoms with Gasteiger partial charge in [-0.3, -0.25) is 4.79 Å². The Morgan fingerprint density at radius 1 is 1.48 bits per heavy atom. The Morgan fingerprint density at radius 3 is 2.88 bits per heavy atom. The molecule has 1 saturated heterocycles. The van der Waals surface area contributed by atoms with Crippen molar-refractivity contribution in [1.29, 1.82) is 0 Å². The first kappa shape index (κ1) is 18.1. The standard InChI is InChI=1S/C19H27N3O2S/c1-12(2)9-20-19(23)16-8-18(17-11-25-14(4)21-17)22(13(16)3)10-15-6-5-7-24-15/h8,11-12,15H,5-7,9-10H2,1-4H3,(H,20,23). The highest BCUT2D eigenvalue weighted by Gasteiger charge is 2.23. The fraction of sp³-hybridized carbons (Fsp3) is 0.579. The topological polar surface area (TPSA) is 56.2 Å². The molecule has 2 aromatic rings. The fourth-order valence-electron chi connectivity index (χ4n) is 3.19. The zero-order chi connectivity index (χ0) is 18.0. The zero-order valence-corrected chi connectivity index (χ0v) is 16.3. The number of aryl methyl sites for hydroxylation is 1. The number of carbonyl (C=O) groups is 1. The Labute approximate surface area is 153 Å². The first-order valence-electron chi connectivity index (χ1n) is 8.98. The molecule has 1 aliphatic heterocycles. The van der Waals surface area contributed by atoms with Crippen LogP contribution in [0.15, 0.2) is 11.4 Å². The SMILES string of the molecule is Cc1nc(-c2cc(C(=O)NCC(C)C)c(C)n2CC2CCCO2)cs1. The summed E-state index contributed by atoms with van der Waals surface area (Å²) >= 11 is 1.63. The lowest BCUT2D eigenvalue weighted by Crippen LogP contribution is -2.27. The van der Waals surface area contributed by atoms with Crippen molar-refractivity contribution in [1.82, 2.24) is 14.9 Å². The van der Waals surface area contributed by atoms with E-state index in [-0.39, 0.29) is 12.0 Å². The largest absolute Gasteiger partial charge is 0.376 e. The summed E-state index contributed by atoms with van der Waals surface area (Å²) in [5.74, 6) is 0.421. The molecule has 0 saturated carbocycles. The monoisotopic (exact) mass is 361 g/mol. The van der Waals surface area contributed by atoms with Gasteiger partial charge in [0.15, 0.2) is 0 Å². The van der Waals surface area contributed by atoms with Crippen molar-refractivity contribution in [2.24, 2.45) is 5.92 Å². The van der Waals surface area contributed by atoms with E-state index < -0.39 is 0 Å². The summed E-state index contributed by atoms with van der Waals surface area (Å²) in [7, 11) is 0. The third kappa shape index (κ3) is 4.12. The second-order valence-corrected chi connectivity index (χ2v) is 8.19. The molecule has 2 aromatic heterocycles. The van der Waals surface area contributed by atoms with Gasteiger partial charge in [0.2, 0.25) is 0 Å². The summed E-state index contributed by atoms with van der Waals surface area (Å²) in [4.78, 5) is 17.3. The van der Waals surface area contributed by atoms with E-state index in [1.165, 1.54) is 0 Å². The molecule has 0 bridgehead atoms. The number of carbonyl (C=O) groups excluding carboxylic acids is 1. The lowest BCUT2D eigenvalue weighted by Gasteiger charge is -2.15. The van der Waals surface area contributed by atoms with Gasteiger partial charge in [-0.2, -0.15) is 0 Å². The summed E-state index contributed by atoms with van der Waals surface area (Å²) in [6.07, 6.45) is 2.40. The van der Waals surface area contributed by atoms with Crippen LogP contribution in [0.3, 0.4) is 0 Å². The van der Waals surface area contributed by atoms with E-state index in [9.17, 15) is 4.79 Å². The number of aromatic nitrogens is 2. The lowest BCUT2D eigenvalue weighted by molar-refractivity contribution is 0.0938. The number of ether oxygens (including phenoxy) is 1. The molecule has 5 nitrogen and oxygen atoms in total. The van der Waals surface area contributed by atoms with Gasteiger partial charge in [-0.25, -0.2) is 4.98 Å². The maximum absolute atomic E-state index is 12.6. The number of amides is 1. The number of hydrogen-bond donors (Lipinski definition) is 1. The molecular formula is C19H27N3O2S. The molecule has 1 aliphatic rings. The second-order valence-electron chi connectivity index (χ2n) is 7.13. The number of nitrogens with zero attached hydrogens (tertiary/aromatic N) is 2.